The van der Waals surface area contributed by atoms with E-state index in [-0.39, 0.29) is 0 Å². The van der Waals surface area contributed by atoms with Gasteiger partial charge < -0.3 is 19.9 Å². The van der Waals surface area contributed by atoms with E-state index in [9.17, 15) is 0 Å². The molecule has 1 aliphatic heterocycles. The molecule has 0 fully saturated rings. The third kappa shape index (κ3) is 23.9. The maximum Gasteiger partial charge on any atom is 0.0485 e. The Morgan fingerprint density at radius 2 is 0.333 bits per heavy atom. The molecule has 8 bridgehead atoms. The Kier molecular flexibility index (Phi) is 33.0. The second-order valence-corrected chi connectivity index (χ2v) is 29.2. The Bertz CT molecular complexity index is 3170. The van der Waals surface area contributed by atoms with Crippen LogP contribution in [0, 0.1) is 0 Å². The van der Waals surface area contributed by atoms with Gasteiger partial charge in [-0.05, 0) is 144 Å². The summed E-state index contributed by atoms with van der Waals surface area (Å²) in [5.74, 6) is 0. The van der Waals surface area contributed by atoms with Crippen molar-refractivity contribution < 1.29 is 0 Å². The van der Waals surface area contributed by atoms with E-state index in [1.54, 1.807) is 0 Å². The van der Waals surface area contributed by atoms with Crippen LogP contribution in [0.15, 0.2) is 146 Å². The number of nitrogens with one attached hydrogen (secondary N) is 4. The molecule has 4 aromatic heterocycles. The maximum atomic E-state index is 4.11. The first kappa shape index (κ1) is 73.7. The van der Waals surface area contributed by atoms with Gasteiger partial charge in [0.05, 0.1) is 0 Å². The predicted molar refractivity (Wildman–Crippen MR) is 416 cm³/mol. The molecule has 4 heteroatoms. The molecule has 0 spiro atoms. The van der Waals surface area contributed by atoms with Crippen molar-refractivity contribution in [2.45, 2.75) is 310 Å². The van der Waals surface area contributed by atoms with E-state index in [2.05, 4.69) is 193 Å². The average Bonchev–Trinajstić information content (AvgIpc) is 1.61. The van der Waals surface area contributed by atoms with E-state index in [4.69, 9.17) is 0 Å². The highest BCUT2D eigenvalue weighted by atomic mass is 14.8. The summed E-state index contributed by atoms with van der Waals surface area (Å²) < 4.78 is 0. The number of aromatic nitrogens is 4. The zero-order valence-electron chi connectivity index (χ0n) is 61.0. The van der Waals surface area contributed by atoms with Gasteiger partial charge in [-0.25, -0.2) is 0 Å². The number of rotatable bonds is 48. The molecule has 9 rings (SSSR count). The van der Waals surface area contributed by atoms with Crippen LogP contribution in [0.2, 0.25) is 0 Å². The number of benzene rings is 4. The van der Waals surface area contributed by atoms with Gasteiger partial charge in [-0.2, -0.15) is 0 Å². The topological polar surface area (TPSA) is 63.2 Å². The second kappa shape index (κ2) is 43.0. The fourth-order valence-corrected chi connectivity index (χ4v) is 15.2. The number of aryl methyl sites for hydroxylation is 4. The van der Waals surface area contributed by atoms with Crippen LogP contribution in [0.4, 0.5) is 0 Å². The van der Waals surface area contributed by atoms with Gasteiger partial charge in [0.15, 0.2) is 0 Å². The molecule has 0 radical (unpaired) electrons. The SMILES string of the molecule is CCCCCCCCCCCCc1ccc(C2=c3ccc([nH]3)=C(c3ccc(CCCCCCCCCCCC)cc3)c3ccc([nH]3)C(c3ccc(CCCCCCCCCCCC)cc3)=c3ccc([nH]3)=C(c3ccc(CCCCCCCCCCCC)cc3)c3ccc2[nH]3)cc1. The van der Waals surface area contributed by atoms with E-state index in [0.29, 0.717) is 0 Å². The summed E-state index contributed by atoms with van der Waals surface area (Å²) in [4.78, 5) is 16.4. The lowest BCUT2D eigenvalue weighted by atomic mass is 9.98. The van der Waals surface area contributed by atoms with E-state index < -0.39 is 0 Å². The van der Waals surface area contributed by atoms with Crippen molar-refractivity contribution >= 4 is 22.3 Å². The van der Waals surface area contributed by atoms with Crippen LogP contribution in [-0.4, -0.2) is 19.9 Å². The van der Waals surface area contributed by atoms with Crippen molar-refractivity contribution in [2.24, 2.45) is 0 Å². The van der Waals surface area contributed by atoms with Crippen LogP contribution in [0.25, 0.3) is 22.3 Å². The highest BCUT2D eigenvalue weighted by Gasteiger charge is 2.19. The van der Waals surface area contributed by atoms with Gasteiger partial charge in [0.2, 0.25) is 0 Å². The quantitative estimate of drug-likeness (QED) is 0.0275. The molecule has 4 nitrogen and oxygen atoms in total. The third-order valence-corrected chi connectivity index (χ3v) is 21.1. The van der Waals surface area contributed by atoms with E-state index in [1.807, 2.05) is 0 Å². The van der Waals surface area contributed by atoms with Gasteiger partial charge in [-0.3, -0.25) is 0 Å². The smallest absolute Gasteiger partial charge is 0.0485 e. The first-order valence-electron chi connectivity index (χ1n) is 40.2. The normalized spacial score (nSPS) is 12.5. The minimum atomic E-state index is 1.10. The van der Waals surface area contributed by atoms with Crippen molar-refractivity contribution in [2.75, 3.05) is 0 Å². The summed E-state index contributed by atoms with van der Waals surface area (Å²) in [5, 5.41) is 4.39. The van der Waals surface area contributed by atoms with E-state index in [0.717, 1.165) is 69.9 Å². The van der Waals surface area contributed by atoms with Gasteiger partial charge in [0, 0.05) is 66.5 Å². The maximum absolute atomic E-state index is 4.11. The summed E-state index contributed by atoms with van der Waals surface area (Å²) in [6, 6.07) is 56.8. The Morgan fingerprint density at radius 1 is 0.167 bits per heavy atom. The Hall–Kier alpha value is -6.52. The van der Waals surface area contributed by atoms with Gasteiger partial charge in [0.1, 0.15) is 0 Å². The largest absolute Gasteiger partial charge is 0.354 e. The van der Waals surface area contributed by atoms with Crippen LogP contribution in [0.5, 0.6) is 0 Å². The lowest BCUT2D eigenvalue weighted by molar-refractivity contribution is 0.556. The number of aromatic amines is 4. The molecule has 0 unspecified atom stereocenters. The Morgan fingerprint density at radius 3 is 0.510 bits per heavy atom. The first-order valence-corrected chi connectivity index (χ1v) is 40.2. The van der Waals surface area contributed by atoms with Gasteiger partial charge in [-0.1, -0.05) is 356 Å². The van der Waals surface area contributed by atoms with Crippen LogP contribution in [0.1, 0.15) is 352 Å². The average molecular weight is 1290 g/mol. The highest BCUT2D eigenvalue weighted by molar-refractivity contribution is 5.85. The molecule has 0 amide bonds. The Labute approximate surface area is 583 Å². The fourth-order valence-electron chi connectivity index (χ4n) is 15.2. The van der Waals surface area contributed by atoms with Crippen LogP contribution in [-0.2, 0) is 25.7 Å². The minimum absolute atomic E-state index is 1.10. The predicted octanol–water partition coefficient (Wildman–Crippen LogP) is 24.2. The molecule has 1 aliphatic rings. The van der Waals surface area contributed by atoms with E-state index in [1.165, 1.54) is 324 Å². The second-order valence-electron chi connectivity index (χ2n) is 29.2. The summed E-state index contributed by atoms with van der Waals surface area (Å²) in [7, 11) is 0. The third-order valence-electron chi connectivity index (χ3n) is 21.1. The standard InChI is InChI=1S/C92H128N4/c1-5-9-13-17-21-25-29-33-37-41-45-73-49-57-77(58-50-73)89-81-65-67-83(93-81)90(78-59-51-74(52-60-78)46-42-38-34-30-26-22-18-14-10-6-2)85-69-71-87(95-85)92(80-63-55-76(56-64-80)48-44-40-36-32-28-24-20-16-12-8-4)88-72-70-86(96-88)91(84-68-66-82(89)94-84)79-61-53-75(54-62-79)47-43-39-35-31-27-23-19-15-11-7-3/h49-72,93-96H,5-48H2,1-4H3. The summed E-state index contributed by atoms with van der Waals surface area (Å²) in [6.07, 6.45) is 58.8. The zero-order valence-corrected chi connectivity index (χ0v) is 61.0. The number of hydrogen-bond acceptors (Lipinski definition) is 0. The van der Waals surface area contributed by atoms with Crippen molar-refractivity contribution in [3.8, 4) is 0 Å². The summed E-state index contributed by atoms with van der Waals surface area (Å²) in [5.41, 5.74) is 19.6. The minimum Gasteiger partial charge on any atom is -0.354 e. The van der Waals surface area contributed by atoms with Crippen molar-refractivity contribution in [3.63, 3.8) is 0 Å². The zero-order chi connectivity index (χ0) is 66.5. The molecule has 4 aromatic carbocycles. The molecule has 96 heavy (non-hydrogen) atoms. The highest BCUT2D eigenvalue weighted by Crippen LogP contribution is 2.30. The van der Waals surface area contributed by atoms with Crippen LogP contribution < -0.4 is 21.4 Å². The molecule has 0 aliphatic carbocycles. The van der Waals surface area contributed by atoms with Gasteiger partial charge in [0.25, 0.3) is 0 Å². The fraction of sp³-hybridized carbons (Fsp3) is 0.522. The lowest BCUT2D eigenvalue weighted by Gasteiger charge is -2.11. The number of fused-ring (bicyclic) bond motifs is 8. The van der Waals surface area contributed by atoms with Crippen LogP contribution >= 0.6 is 0 Å². The summed E-state index contributed by atoms with van der Waals surface area (Å²) in [6.45, 7) is 9.24. The summed E-state index contributed by atoms with van der Waals surface area (Å²) >= 11 is 0. The molecule has 516 valence electrons. The van der Waals surface area contributed by atoms with Gasteiger partial charge in [-0.15, -0.1) is 0 Å². The number of H-pyrrole nitrogens is 4. The Balaban J connectivity index is 1.06. The van der Waals surface area contributed by atoms with Gasteiger partial charge >= 0.3 is 0 Å². The monoisotopic (exact) mass is 1290 g/mol. The molecule has 0 saturated carbocycles. The van der Waals surface area contributed by atoms with Crippen molar-refractivity contribution in [3.05, 3.63) is 234 Å². The van der Waals surface area contributed by atoms with Crippen LogP contribution in [0.3, 0.4) is 0 Å². The molecule has 4 N–H and O–H groups in total. The molecular formula is C92H128N4. The number of hydrogen-bond donors (Lipinski definition) is 4. The van der Waals surface area contributed by atoms with E-state index >= 15 is 0 Å². The molecule has 5 heterocycles. The number of unbranched alkanes of at least 4 members (excludes halogenated alkanes) is 36. The van der Waals surface area contributed by atoms with Crippen molar-refractivity contribution in [1.82, 2.24) is 19.9 Å². The van der Waals surface area contributed by atoms with Crippen molar-refractivity contribution in [1.29, 1.82) is 0 Å². The molecule has 0 atom stereocenters. The molecule has 8 aromatic rings. The lowest BCUT2D eigenvalue weighted by Crippen LogP contribution is -2.19. The molecule has 0 saturated heterocycles. The first-order chi connectivity index (χ1) is 47.5. The molecular weight excluding hydrogens is 1160 g/mol.